The molecule has 0 aliphatic heterocycles. The first-order valence-corrected chi connectivity index (χ1v) is 5.57. The van der Waals surface area contributed by atoms with E-state index in [1.807, 2.05) is 6.92 Å². The summed E-state index contributed by atoms with van der Waals surface area (Å²) in [5.74, 6) is 0.0847. The van der Waals surface area contributed by atoms with Gasteiger partial charge in [0.15, 0.2) is 0 Å². The molecule has 1 unspecified atom stereocenters. The van der Waals surface area contributed by atoms with E-state index in [9.17, 15) is 9.90 Å². The van der Waals surface area contributed by atoms with Crippen LogP contribution in [0.1, 0.15) is 26.1 Å². The zero-order chi connectivity index (χ0) is 11.6. The van der Waals surface area contributed by atoms with Crippen molar-refractivity contribution >= 4 is 22.6 Å². The first kappa shape index (κ1) is 12.4. The molecule has 84 valence electrons. The highest BCUT2D eigenvalue weighted by Crippen LogP contribution is 2.25. The molecule has 0 bridgehead atoms. The number of H-pyrrole nitrogens is 1. The van der Waals surface area contributed by atoms with Crippen molar-refractivity contribution in [2.75, 3.05) is 7.11 Å². The summed E-state index contributed by atoms with van der Waals surface area (Å²) >= 11 is 1.74. The van der Waals surface area contributed by atoms with Gasteiger partial charge < -0.3 is 14.8 Å². The lowest BCUT2D eigenvalue weighted by molar-refractivity contribution is -0.00966. The maximum Gasteiger partial charge on any atom is 0.268 e. The Labute approximate surface area is 101 Å². The molecule has 0 amide bonds. The molecule has 0 saturated heterocycles. The summed E-state index contributed by atoms with van der Waals surface area (Å²) in [5, 5.41) is 9.44. The Balaban J connectivity index is 3.33. The summed E-state index contributed by atoms with van der Waals surface area (Å²) in [6, 6.07) is 0. The summed E-state index contributed by atoms with van der Waals surface area (Å²) in [6.45, 7) is 3.72. The van der Waals surface area contributed by atoms with E-state index in [0.29, 0.717) is 12.2 Å². The van der Waals surface area contributed by atoms with Crippen LogP contribution in [0.4, 0.5) is 0 Å². The van der Waals surface area contributed by atoms with Crippen molar-refractivity contribution in [1.82, 2.24) is 9.97 Å². The summed E-state index contributed by atoms with van der Waals surface area (Å²) in [7, 11) is 1.54. The van der Waals surface area contributed by atoms with Gasteiger partial charge in [0.05, 0.1) is 0 Å². The molecule has 2 N–H and O–H groups in total. The highest BCUT2D eigenvalue weighted by molar-refractivity contribution is 14.1. The molecular formula is C9H13IN2O3. The molecule has 0 radical (unpaired) electrons. The zero-order valence-corrected chi connectivity index (χ0v) is 11.0. The largest absolute Gasteiger partial charge is 0.492 e. The molecule has 0 aliphatic rings. The van der Waals surface area contributed by atoms with Gasteiger partial charge in [0.1, 0.15) is 15.0 Å². The lowest BCUT2D eigenvalue weighted by Crippen LogP contribution is -2.29. The minimum Gasteiger partial charge on any atom is -0.492 e. The fourth-order valence-electron chi connectivity index (χ4n) is 1.11. The zero-order valence-electron chi connectivity index (χ0n) is 8.80. The van der Waals surface area contributed by atoms with Crippen LogP contribution in [0.5, 0.6) is 5.88 Å². The maximum atomic E-state index is 11.4. The Kier molecular flexibility index (Phi) is 3.72. The Morgan fingerprint density at radius 3 is 2.67 bits per heavy atom. The van der Waals surface area contributed by atoms with Crippen molar-refractivity contribution in [2.24, 2.45) is 0 Å². The molecule has 15 heavy (non-hydrogen) atoms. The van der Waals surface area contributed by atoms with Crippen LogP contribution in [0.25, 0.3) is 0 Å². The van der Waals surface area contributed by atoms with Gasteiger partial charge in [0.25, 0.3) is 5.56 Å². The average molecular weight is 324 g/mol. The van der Waals surface area contributed by atoms with Crippen LogP contribution in [-0.4, -0.2) is 22.2 Å². The van der Waals surface area contributed by atoms with Crippen molar-refractivity contribution in [1.29, 1.82) is 0 Å². The number of hydrogen-bond donors (Lipinski definition) is 2. The molecule has 0 fully saturated rings. The number of aromatic nitrogens is 2. The molecule has 1 atom stereocenters. The molecule has 6 heteroatoms. The molecule has 0 aromatic carbocycles. The van der Waals surface area contributed by atoms with Gasteiger partial charge in [-0.15, -0.1) is 0 Å². The molecule has 0 saturated carbocycles. The predicted octanol–water partition coefficient (Wildman–Crippen LogP) is 1.35. The van der Waals surface area contributed by atoms with Crippen LogP contribution >= 0.6 is 22.6 Å². The molecule has 0 spiro atoms. The lowest BCUT2D eigenvalue weighted by Gasteiger charge is -2.25. The van der Waals surface area contributed by atoms with Gasteiger partial charge in [-0.1, -0.05) is 6.92 Å². The minimum atomic E-state index is -0.680. The molecule has 1 heterocycles. The standard InChI is InChI=1S/C9H13IN2O3/c1-4-9(2,15-3)8-11-6(13)5(10)7(14)12-8/h4H2,1-3H3,(H2,11,12,13,14). The van der Waals surface area contributed by atoms with Crippen LogP contribution in [0, 0.1) is 3.57 Å². The van der Waals surface area contributed by atoms with E-state index >= 15 is 0 Å². The average Bonchev–Trinajstić information content (AvgIpc) is 2.24. The normalized spacial score (nSPS) is 14.9. The number of methoxy groups -OCH3 is 1. The number of nitrogens with zero attached hydrogens (tertiary/aromatic N) is 1. The molecule has 0 aliphatic carbocycles. The first-order valence-electron chi connectivity index (χ1n) is 4.49. The minimum absolute atomic E-state index is 0.186. The highest BCUT2D eigenvalue weighted by atomic mass is 127. The Bertz CT molecular complexity index is 412. The number of ether oxygens (including phenoxy) is 1. The first-order chi connectivity index (χ1) is 6.94. The molecular weight excluding hydrogens is 311 g/mol. The SMILES string of the molecule is CCC(C)(OC)c1nc(O)c(I)c(=O)[nH]1. The summed E-state index contributed by atoms with van der Waals surface area (Å²) < 4.78 is 5.46. The predicted molar refractivity (Wildman–Crippen MR) is 63.9 cm³/mol. The fraction of sp³-hybridized carbons (Fsp3) is 0.556. The van der Waals surface area contributed by atoms with E-state index in [-0.39, 0.29) is 15.0 Å². The van der Waals surface area contributed by atoms with E-state index in [0.717, 1.165) is 0 Å². The lowest BCUT2D eigenvalue weighted by atomic mass is 10.0. The maximum absolute atomic E-state index is 11.4. The van der Waals surface area contributed by atoms with Crippen LogP contribution < -0.4 is 5.56 Å². The topological polar surface area (TPSA) is 75.2 Å². The van der Waals surface area contributed by atoms with E-state index in [2.05, 4.69) is 9.97 Å². The van der Waals surface area contributed by atoms with Gasteiger partial charge in [0, 0.05) is 7.11 Å². The molecule has 1 rings (SSSR count). The van der Waals surface area contributed by atoms with Crippen molar-refractivity contribution in [2.45, 2.75) is 25.9 Å². The molecule has 5 nitrogen and oxygen atoms in total. The Morgan fingerprint density at radius 1 is 1.67 bits per heavy atom. The van der Waals surface area contributed by atoms with Crippen LogP contribution in [0.15, 0.2) is 4.79 Å². The highest BCUT2D eigenvalue weighted by Gasteiger charge is 2.28. The number of rotatable bonds is 3. The second-order valence-corrected chi connectivity index (χ2v) is 4.42. The van der Waals surface area contributed by atoms with Crippen molar-refractivity contribution < 1.29 is 9.84 Å². The Morgan fingerprint density at radius 2 is 2.27 bits per heavy atom. The van der Waals surface area contributed by atoms with Gasteiger partial charge >= 0.3 is 0 Å². The van der Waals surface area contributed by atoms with E-state index < -0.39 is 5.60 Å². The number of hydrogen-bond acceptors (Lipinski definition) is 4. The number of nitrogens with one attached hydrogen (secondary N) is 1. The molecule has 1 aromatic rings. The smallest absolute Gasteiger partial charge is 0.268 e. The van der Waals surface area contributed by atoms with Crippen molar-refractivity contribution in [3.05, 3.63) is 19.7 Å². The van der Waals surface area contributed by atoms with Gasteiger partial charge in [-0.25, -0.2) is 0 Å². The molecule has 1 aromatic heterocycles. The van der Waals surface area contributed by atoms with Gasteiger partial charge in [-0.05, 0) is 35.9 Å². The number of halogens is 1. The van der Waals surface area contributed by atoms with Gasteiger partial charge in [0.2, 0.25) is 5.88 Å². The summed E-state index contributed by atoms with van der Waals surface area (Å²) in [5.41, 5.74) is -1.03. The number of aromatic amines is 1. The monoisotopic (exact) mass is 324 g/mol. The van der Waals surface area contributed by atoms with Gasteiger partial charge in [-0.2, -0.15) is 4.98 Å². The fourth-order valence-corrected chi connectivity index (χ4v) is 1.36. The van der Waals surface area contributed by atoms with E-state index in [1.54, 1.807) is 36.6 Å². The summed E-state index contributed by atoms with van der Waals surface area (Å²) in [6.07, 6.45) is 0.645. The van der Waals surface area contributed by atoms with Crippen molar-refractivity contribution in [3.63, 3.8) is 0 Å². The van der Waals surface area contributed by atoms with E-state index in [4.69, 9.17) is 4.74 Å². The Hall–Kier alpha value is -0.630. The van der Waals surface area contributed by atoms with Gasteiger partial charge in [-0.3, -0.25) is 4.79 Å². The van der Waals surface area contributed by atoms with Crippen LogP contribution in [0.3, 0.4) is 0 Å². The van der Waals surface area contributed by atoms with E-state index in [1.165, 1.54) is 0 Å². The second-order valence-electron chi connectivity index (χ2n) is 3.34. The van der Waals surface area contributed by atoms with Crippen LogP contribution in [-0.2, 0) is 10.3 Å². The number of aromatic hydroxyl groups is 1. The summed E-state index contributed by atoms with van der Waals surface area (Å²) in [4.78, 5) is 17.9. The van der Waals surface area contributed by atoms with Crippen LogP contribution in [0.2, 0.25) is 0 Å². The third-order valence-corrected chi connectivity index (χ3v) is 3.44. The van der Waals surface area contributed by atoms with Crippen molar-refractivity contribution in [3.8, 4) is 5.88 Å². The third kappa shape index (κ3) is 2.31. The third-order valence-electron chi connectivity index (χ3n) is 2.47. The quantitative estimate of drug-likeness (QED) is 0.823. The second kappa shape index (κ2) is 4.48.